The standard InChI is InChI=1S/C13H19NOS/c1-9-3-4-13(15)12(7-9)10(2)14-11-5-6-16-8-11/h3-4,7,10-11,14-15H,5-6,8H2,1-2H3. The minimum absolute atomic E-state index is 0.226. The van der Waals surface area contributed by atoms with Crippen molar-refractivity contribution in [3.8, 4) is 5.75 Å². The zero-order chi connectivity index (χ0) is 11.5. The highest BCUT2D eigenvalue weighted by atomic mass is 32.2. The summed E-state index contributed by atoms with van der Waals surface area (Å²) in [7, 11) is 0. The summed E-state index contributed by atoms with van der Waals surface area (Å²) in [4.78, 5) is 0. The van der Waals surface area contributed by atoms with Gasteiger partial charge in [0.1, 0.15) is 5.75 Å². The van der Waals surface area contributed by atoms with E-state index < -0.39 is 0 Å². The van der Waals surface area contributed by atoms with Crippen molar-refractivity contribution in [1.82, 2.24) is 5.32 Å². The fraction of sp³-hybridized carbons (Fsp3) is 0.538. The minimum atomic E-state index is 0.226. The van der Waals surface area contributed by atoms with Crippen LogP contribution in [0.1, 0.15) is 30.5 Å². The Kier molecular flexibility index (Phi) is 3.77. The Morgan fingerprint density at radius 3 is 3.00 bits per heavy atom. The Bertz CT molecular complexity index is 361. The predicted molar refractivity (Wildman–Crippen MR) is 70.1 cm³/mol. The van der Waals surface area contributed by atoms with Gasteiger partial charge in [-0.25, -0.2) is 0 Å². The first-order valence-corrected chi connectivity index (χ1v) is 6.95. The number of thioether (sulfide) groups is 1. The van der Waals surface area contributed by atoms with Crippen molar-refractivity contribution in [3.63, 3.8) is 0 Å². The van der Waals surface area contributed by atoms with Crippen LogP contribution in [0.2, 0.25) is 0 Å². The molecule has 1 fully saturated rings. The first-order chi connectivity index (χ1) is 7.66. The fourth-order valence-corrected chi connectivity index (χ4v) is 3.30. The van der Waals surface area contributed by atoms with E-state index in [-0.39, 0.29) is 6.04 Å². The zero-order valence-corrected chi connectivity index (χ0v) is 10.7. The highest BCUT2D eigenvalue weighted by molar-refractivity contribution is 7.99. The number of rotatable bonds is 3. The molecule has 0 bridgehead atoms. The number of aryl methyl sites for hydroxylation is 1. The van der Waals surface area contributed by atoms with Crippen molar-refractivity contribution in [2.75, 3.05) is 11.5 Å². The summed E-state index contributed by atoms with van der Waals surface area (Å²) >= 11 is 2.00. The van der Waals surface area contributed by atoms with Gasteiger partial charge in [0.2, 0.25) is 0 Å². The molecule has 0 radical (unpaired) electrons. The van der Waals surface area contributed by atoms with Crippen molar-refractivity contribution >= 4 is 11.8 Å². The smallest absolute Gasteiger partial charge is 0.120 e. The van der Waals surface area contributed by atoms with Crippen LogP contribution in [0.25, 0.3) is 0 Å². The van der Waals surface area contributed by atoms with Crippen molar-refractivity contribution in [1.29, 1.82) is 0 Å². The Morgan fingerprint density at radius 2 is 2.31 bits per heavy atom. The van der Waals surface area contributed by atoms with E-state index in [0.29, 0.717) is 11.8 Å². The summed E-state index contributed by atoms with van der Waals surface area (Å²) in [6.07, 6.45) is 1.24. The average molecular weight is 237 g/mol. The second kappa shape index (κ2) is 5.11. The lowest BCUT2D eigenvalue weighted by Gasteiger charge is -2.20. The van der Waals surface area contributed by atoms with Crippen LogP contribution in [-0.2, 0) is 0 Å². The normalized spacial score (nSPS) is 22.2. The molecular formula is C13H19NOS. The maximum absolute atomic E-state index is 9.83. The maximum atomic E-state index is 9.83. The summed E-state index contributed by atoms with van der Waals surface area (Å²) in [5, 5.41) is 13.4. The summed E-state index contributed by atoms with van der Waals surface area (Å²) < 4.78 is 0. The number of hydrogen-bond donors (Lipinski definition) is 2. The molecule has 1 aromatic carbocycles. The lowest BCUT2D eigenvalue weighted by Crippen LogP contribution is -2.31. The lowest BCUT2D eigenvalue weighted by atomic mass is 10.0. The van der Waals surface area contributed by atoms with Gasteiger partial charge in [-0.3, -0.25) is 0 Å². The summed E-state index contributed by atoms with van der Waals surface area (Å²) in [6, 6.07) is 6.61. The minimum Gasteiger partial charge on any atom is -0.508 e. The molecule has 1 aliphatic rings. The molecule has 2 N–H and O–H groups in total. The molecule has 2 atom stereocenters. The first-order valence-electron chi connectivity index (χ1n) is 5.80. The zero-order valence-electron chi connectivity index (χ0n) is 9.86. The van der Waals surface area contributed by atoms with Gasteiger partial charge in [-0.05, 0) is 32.1 Å². The van der Waals surface area contributed by atoms with E-state index >= 15 is 0 Å². The van der Waals surface area contributed by atoms with Gasteiger partial charge in [0.15, 0.2) is 0 Å². The SMILES string of the molecule is Cc1ccc(O)c(C(C)NC2CCSC2)c1. The van der Waals surface area contributed by atoms with E-state index in [1.54, 1.807) is 6.07 Å². The van der Waals surface area contributed by atoms with E-state index in [9.17, 15) is 5.11 Å². The second-order valence-electron chi connectivity index (χ2n) is 4.51. The molecule has 1 aliphatic heterocycles. The van der Waals surface area contributed by atoms with Crippen LogP contribution in [0.15, 0.2) is 18.2 Å². The molecule has 0 spiro atoms. The van der Waals surface area contributed by atoms with Crippen molar-refractivity contribution in [2.45, 2.75) is 32.4 Å². The van der Waals surface area contributed by atoms with Crippen LogP contribution in [0.5, 0.6) is 5.75 Å². The van der Waals surface area contributed by atoms with E-state index in [0.717, 1.165) is 5.56 Å². The fourth-order valence-electron chi connectivity index (χ4n) is 2.13. The Balaban J connectivity index is 2.07. The topological polar surface area (TPSA) is 32.3 Å². The van der Waals surface area contributed by atoms with Crippen LogP contribution >= 0.6 is 11.8 Å². The molecular weight excluding hydrogens is 218 g/mol. The van der Waals surface area contributed by atoms with Crippen molar-refractivity contribution in [2.24, 2.45) is 0 Å². The molecule has 2 nitrogen and oxygen atoms in total. The maximum Gasteiger partial charge on any atom is 0.120 e. The lowest BCUT2D eigenvalue weighted by molar-refractivity contribution is 0.436. The summed E-state index contributed by atoms with van der Waals surface area (Å²) in [5.41, 5.74) is 2.21. The number of phenolic OH excluding ortho intramolecular Hbond substituents is 1. The Labute approximate surface area is 101 Å². The molecule has 0 aliphatic carbocycles. The van der Waals surface area contributed by atoms with E-state index in [4.69, 9.17) is 0 Å². The van der Waals surface area contributed by atoms with Crippen LogP contribution in [0, 0.1) is 6.92 Å². The first kappa shape index (κ1) is 11.8. The van der Waals surface area contributed by atoms with Crippen molar-refractivity contribution in [3.05, 3.63) is 29.3 Å². The van der Waals surface area contributed by atoms with Crippen molar-refractivity contribution < 1.29 is 5.11 Å². The average Bonchev–Trinajstić information content (AvgIpc) is 2.74. The predicted octanol–water partition coefficient (Wildman–Crippen LogP) is 2.86. The quantitative estimate of drug-likeness (QED) is 0.848. The van der Waals surface area contributed by atoms with E-state index in [1.807, 2.05) is 17.8 Å². The van der Waals surface area contributed by atoms with Gasteiger partial charge in [0, 0.05) is 23.4 Å². The molecule has 3 heteroatoms. The Morgan fingerprint density at radius 1 is 1.50 bits per heavy atom. The second-order valence-corrected chi connectivity index (χ2v) is 5.66. The van der Waals surface area contributed by atoms with Gasteiger partial charge in [-0.1, -0.05) is 17.7 Å². The number of hydrogen-bond acceptors (Lipinski definition) is 3. The molecule has 0 saturated carbocycles. The van der Waals surface area contributed by atoms with Gasteiger partial charge in [-0.2, -0.15) is 11.8 Å². The largest absolute Gasteiger partial charge is 0.508 e. The third-order valence-electron chi connectivity index (χ3n) is 3.06. The van der Waals surface area contributed by atoms with Gasteiger partial charge >= 0.3 is 0 Å². The molecule has 2 unspecified atom stereocenters. The van der Waals surface area contributed by atoms with Gasteiger partial charge < -0.3 is 10.4 Å². The third kappa shape index (κ3) is 2.71. The number of benzene rings is 1. The van der Waals surface area contributed by atoms with Gasteiger partial charge in [0.25, 0.3) is 0 Å². The summed E-state index contributed by atoms with van der Waals surface area (Å²) in [5.74, 6) is 2.84. The van der Waals surface area contributed by atoms with Gasteiger partial charge in [0.05, 0.1) is 0 Å². The third-order valence-corrected chi connectivity index (χ3v) is 4.23. The number of nitrogens with one attached hydrogen (secondary N) is 1. The number of aromatic hydroxyl groups is 1. The van der Waals surface area contributed by atoms with Crippen LogP contribution in [0.4, 0.5) is 0 Å². The molecule has 0 amide bonds. The molecule has 1 heterocycles. The van der Waals surface area contributed by atoms with Crippen LogP contribution < -0.4 is 5.32 Å². The van der Waals surface area contributed by atoms with E-state index in [1.165, 1.54) is 23.5 Å². The Hall–Kier alpha value is -0.670. The molecule has 1 saturated heterocycles. The van der Waals surface area contributed by atoms with E-state index in [2.05, 4.69) is 25.2 Å². The molecule has 1 aromatic rings. The summed E-state index contributed by atoms with van der Waals surface area (Å²) in [6.45, 7) is 4.18. The molecule has 0 aromatic heterocycles. The van der Waals surface area contributed by atoms with Crippen LogP contribution in [0.3, 0.4) is 0 Å². The molecule has 88 valence electrons. The highest BCUT2D eigenvalue weighted by Gasteiger charge is 2.19. The van der Waals surface area contributed by atoms with Crippen LogP contribution in [-0.4, -0.2) is 22.7 Å². The van der Waals surface area contributed by atoms with Gasteiger partial charge in [-0.15, -0.1) is 0 Å². The monoisotopic (exact) mass is 237 g/mol. The molecule has 16 heavy (non-hydrogen) atoms. The highest BCUT2D eigenvalue weighted by Crippen LogP contribution is 2.27. The molecule has 2 rings (SSSR count). The number of phenols is 1.